The third-order valence-electron chi connectivity index (χ3n) is 2.96. The van der Waals surface area contributed by atoms with Gasteiger partial charge in [-0.2, -0.15) is 18.4 Å². The molecule has 0 saturated heterocycles. The van der Waals surface area contributed by atoms with E-state index in [0.29, 0.717) is 0 Å². The van der Waals surface area contributed by atoms with Crippen LogP contribution in [-0.2, 0) is 6.18 Å². The Kier molecular flexibility index (Phi) is 3.73. The molecule has 5 nitrogen and oxygen atoms in total. The third-order valence-corrected chi connectivity index (χ3v) is 2.96. The van der Waals surface area contributed by atoms with E-state index in [1.54, 1.807) is 6.07 Å². The molecule has 1 aromatic carbocycles. The number of carbonyl (C=O) groups is 1. The monoisotopic (exact) mass is 306 g/mol. The molecule has 0 unspecified atom stereocenters. The minimum atomic E-state index is -4.55. The van der Waals surface area contributed by atoms with Crippen molar-refractivity contribution in [2.24, 2.45) is 5.73 Å². The van der Waals surface area contributed by atoms with Gasteiger partial charge >= 0.3 is 6.18 Å². The number of benzene rings is 1. The molecule has 0 aliphatic heterocycles. The zero-order chi connectivity index (χ0) is 16.5. The number of anilines is 1. The summed E-state index contributed by atoms with van der Waals surface area (Å²) in [6.45, 7) is 0. The second-order valence-corrected chi connectivity index (χ2v) is 4.39. The number of nitrogen functional groups attached to an aromatic ring is 1. The van der Waals surface area contributed by atoms with Gasteiger partial charge in [0.05, 0.1) is 22.8 Å². The number of carbonyl (C=O) groups excluding carboxylic acids is 1. The summed E-state index contributed by atoms with van der Waals surface area (Å²) in [5, 5.41) is 9.05. The number of rotatable bonds is 2. The van der Waals surface area contributed by atoms with Crippen LogP contribution in [0.15, 0.2) is 30.5 Å². The number of nitrogens with zero attached hydrogens (tertiary/aromatic N) is 2. The van der Waals surface area contributed by atoms with Crippen molar-refractivity contribution in [3.63, 3.8) is 0 Å². The van der Waals surface area contributed by atoms with E-state index in [0.717, 1.165) is 18.2 Å². The normalized spacial score (nSPS) is 11.0. The van der Waals surface area contributed by atoms with E-state index in [-0.39, 0.29) is 28.1 Å². The summed E-state index contributed by atoms with van der Waals surface area (Å²) >= 11 is 0. The van der Waals surface area contributed by atoms with Crippen LogP contribution in [0, 0.1) is 11.3 Å². The molecule has 0 spiro atoms. The first-order valence-electron chi connectivity index (χ1n) is 5.91. The lowest BCUT2D eigenvalue weighted by Gasteiger charge is -2.11. The first-order valence-corrected chi connectivity index (χ1v) is 5.91. The van der Waals surface area contributed by atoms with Crippen LogP contribution in [0.2, 0.25) is 0 Å². The van der Waals surface area contributed by atoms with E-state index in [4.69, 9.17) is 16.7 Å². The lowest BCUT2D eigenvalue weighted by atomic mass is 9.98. The van der Waals surface area contributed by atoms with Gasteiger partial charge in [-0.15, -0.1) is 0 Å². The fourth-order valence-corrected chi connectivity index (χ4v) is 1.88. The standard InChI is InChI=1S/C14H9F3N4O/c15-14(16,17)9-1-2-10(7(3-9)5-18)8-4-11(13(20)22)12(19)21-6-8/h1-4,6H,(H2,19,21)(H2,20,22). The summed E-state index contributed by atoms with van der Waals surface area (Å²) in [4.78, 5) is 15.0. The van der Waals surface area contributed by atoms with Gasteiger partial charge in [0, 0.05) is 17.3 Å². The van der Waals surface area contributed by atoms with Crippen LogP contribution in [0.5, 0.6) is 0 Å². The van der Waals surface area contributed by atoms with Gasteiger partial charge in [-0.05, 0) is 18.2 Å². The number of primary amides is 1. The molecular weight excluding hydrogens is 297 g/mol. The minimum absolute atomic E-state index is 0.0683. The summed E-state index contributed by atoms with van der Waals surface area (Å²) in [5.41, 5.74) is 9.90. The first-order chi connectivity index (χ1) is 10.2. The van der Waals surface area contributed by atoms with Gasteiger partial charge in [0.1, 0.15) is 5.82 Å². The van der Waals surface area contributed by atoms with Crippen LogP contribution in [-0.4, -0.2) is 10.9 Å². The maximum Gasteiger partial charge on any atom is 0.416 e. The molecule has 1 amide bonds. The van der Waals surface area contributed by atoms with Crippen molar-refractivity contribution in [3.05, 3.63) is 47.2 Å². The van der Waals surface area contributed by atoms with E-state index < -0.39 is 17.6 Å². The lowest BCUT2D eigenvalue weighted by molar-refractivity contribution is -0.137. The smallest absolute Gasteiger partial charge is 0.383 e. The average molecular weight is 306 g/mol. The van der Waals surface area contributed by atoms with Crippen molar-refractivity contribution in [1.29, 1.82) is 5.26 Å². The fraction of sp³-hybridized carbons (Fsp3) is 0.0714. The van der Waals surface area contributed by atoms with Crippen LogP contribution in [0.25, 0.3) is 11.1 Å². The fourth-order valence-electron chi connectivity index (χ4n) is 1.88. The number of nitrogens with two attached hydrogens (primary N) is 2. The van der Waals surface area contributed by atoms with E-state index in [2.05, 4.69) is 4.98 Å². The van der Waals surface area contributed by atoms with Crippen molar-refractivity contribution in [3.8, 4) is 17.2 Å². The van der Waals surface area contributed by atoms with E-state index >= 15 is 0 Å². The molecule has 2 aromatic rings. The number of alkyl halides is 3. The van der Waals surface area contributed by atoms with Crippen molar-refractivity contribution < 1.29 is 18.0 Å². The first kappa shape index (κ1) is 15.3. The average Bonchev–Trinajstić information content (AvgIpc) is 2.46. The number of aromatic nitrogens is 1. The van der Waals surface area contributed by atoms with Gasteiger partial charge < -0.3 is 11.5 Å². The number of nitriles is 1. The number of pyridine rings is 1. The van der Waals surface area contributed by atoms with Gasteiger partial charge in [-0.1, -0.05) is 6.07 Å². The Bertz CT molecular complexity index is 794. The van der Waals surface area contributed by atoms with Crippen LogP contribution in [0.1, 0.15) is 21.5 Å². The maximum atomic E-state index is 12.7. The molecule has 1 heterocycles. The number of hydrogen-bond donors (Lipinski definition) is 2. The van der Waals surface area contributed by atoms with Crippen molar-refractivity contribution in [1.82, 2.24) is 4.98 Å². The van der Waals surface area contributed by atoms with Crippen molar-refractivity contribution >= 4 is 11.7 Å². The molecule has 4 N–H and O–H groups in total. The highest BCUT2D eigenvalue weighted by Gasteiger charge is 2.31. The Balaban J connectivity index is 2.61. The summed E-state index contributed by atoms with van der Waals surface area (Å²) in [5.74, 6) is -0.918. The van der Waals surface area contributed by atoms with Crippen LogP contribution in [0.4, 0.5) is 19.0 Å². The van der Waals surface area contributed by atoms with Gasteiger partial charge in [0.15, 0.2) is 0 Å². The van der Waals surface area contributed by atoms with E-state index in [1.165, 1.54) is 12.3 Å². The van der Waals surface area contributed by atoms with Crippen LogP contribution >= 0.6 is 0 Å². The van der Waals surface area contributed by atoms with Crippen LogP contribution < -0.4 is 11.5 Å². The van der Waals surface area contributed by atoms with E-state index in [1.807, 2.05) is 0 Å². The molecule has 0 atom stereocenters. The number of amides is 1. The Morgan fingerprint density at radius 1 is 1.27 bits per heavy atom. The molecule has 0 bridgehead atoms. The Morgan fingerprint density at radius 3 is 2.50 bits per heavy atom. The zero-order valence-electron chi connectivity index (χ0n) is 11.0. The second-order valence-electron chi connectivity index (χ2n) is 4.39. The molecule has 8 heteroatoms. The largest absolute Gasteiger partial charge is 0.416 e. The Hall–Kier alpha value is -3.08. The highest BCUT2D eigenvalue weighted by molar-refractivity contribution is 5.98. The van der Waals surface area contributed by atoms with Gasteiger partial charge in [0.25, 0.3) is 5.91 Å². The van der Waals surface area contributed by atoms with Gasteiger partial charge in [-0.3, -0.25) is 4.79 Å². The van der Waals surface area contributed by atoms with Gasteiger partial charge in [0.2, 0.25) is 0 Å². The molecular formula is C14H9F3N4O. The summed E-state index contributed by atoms with van der Waals surface area (Å²) in [6, 6.07) is 5.69. The molecule has 0 saturated carbocycles. The zero-order valence-corrected chi connectivity index (χ0v) is 11.0. The Labute approximate surface area is 123 Å². The highest BCUT2D eigenvalue weighted by atomic mass is 19.4. The summed E-state index contributed by atoms with van der Waals surface area (Å²) in [7, 11) is 0. The molecule has 1 aromatic heterocycles. The van der Waals surface area contributed by atoms with Crippen molar-refractivity contribution in [2.45, 2.75) is 6.18 Å². The quantitative estimate of drug-likeness (QED) is 0.888. The molecule has 0 radical (unpaired) electrons. The molecule has 0 aliphatic rings. The predicted octanol–water partition coefficient (Wildman–Crippen LogP) is 2.32. The maximum absolute atomic E-state index is 12.7. The second kappa shape index (κ2) is 5.37. The van der Waals surface area contributed by atoms with Crippen molar-refractivity contribution in [2.75, 3.05) is 5.73 Å². The van der Waals surface area contributed by atoms with Gasteiger partial charge in [-0.25, -0.2) is 4.98 Å². The molecule has 2 rings (SSSR count). The third kappa shape index (κ3) is 2.83. The minimum Gasteiger partial charge on any atom is -0.383 e. The topological polar surface area (TPSA) is 106 Å². The molecule has 112 valence electrons. The van der Waals surface area contributed by atoms with Crippen LogP contribution in [0.3, 0.4) is 0 Å². The molecule has 22 heavy (non-hydrogen) atoms. The SMILES string of the molecule is N#Cc1cc(C(F)(F)F)ccc1-c1cnc(N)c(C(N)=O)c1. The number of hydrogen-bond acceptors (Lipinski definition) is 4. The summed E-state index contributed by atoms with van der Waals surface area (Å²) in [6.07, 6.45) is -3.30. The lowest BCUT2D eigenvalue weighted by Crippen LogP contribution is -2.14. The molecule has 0 aliphatic carbocycles. The molecule has 0 fully saturated rings. The Morgan fingerprint density at radius 2 is 1.95 bits per heavy atom. The predicted molar refractivity (Wildman–Crippen MR) is 72.3 cm³/mol. The summed E-state index contributed by atoms with van der Waals surface area (Å²) < 4.78 is 38.0. The van der Waals surface area contributed by atoms with E-state index in [9.17, 15) is 18.0 Å². The number of halogens is 3. The highest BCUT2D eigenvalue weighted by Crippen LogP contribution is 2.33.